The van der Waals surface area contributed by atoms with Crippen molar-refractivity contribution < 1.29 is 31.5 Å². The molecule has 1 saturated carbocycles. The molecular weight excluding hydrogens is 687 g/mol. The van der Waals surface area contributed by atoms with Crippen molar-refractivity contribution in [2.75, 3.05) is 30.2 Å². The monoisotopic (exact) mass is 715 g/mol. The highest BCUT2D eigenvalue weighted by molar-refractivity contribution is 14.1. The number of pyridine rings is 1. The van der Waals surface area contributed by atoms with Crippen LogP contribution in [-0.4, -0.2) is 55.6 Å². The highest BCUT2D eigenvalue weighted by Gasteiger charge is 2.37. The average molecular weight is 716 g/mol. The van der Waals surface area contributed by atoms with E-state index in [-0.39, 0.29) is 64.7 Å². The number of aromatic nitrogens is 1. The molecule has 0 unspecified atom stereocenters. The Morgan fingerprint density at radius 1 is 1.12 bits per heavy atom. The van der Waals surface area contributed by atoms with Gasteiger partial charge in [-0.3, -0.25) is 18.9 Å². The Bertz CT molecular complexity index is 1720. The van der Waals surface area contributed by atoms with E-state index < -0.39 is 33.7 Å². The molecule has 2 heterocycles. The van der Waals surface area contributed by atoms with Crippen molar-refractivity contribution in [1.29, 1.82) is 0 Å². The number of amides is 1. The first-order chi connectivity index (χ1) is 19.9. The van der Waals surface area contributed by atoms with Crippen LogP contribution >= 0.6 is 22.6 Å². The van der Waals surface area contributed by atoms with Crippen LogP contribution in [0.15, 0.2) is 41.2 Å². The largest absolute Gasteiger partial charge is 0.491 e. The predicted octanol–water partition coefficient (Wildman–Crippen LogP) is 4.18. The van der Waals surface area contributed by atoms with E-state index in [9.17, 15) is 26.8 Å². The molecule has 5 rings (SSSR count). The molecular formula is C27H28F2IN5O6S. The van der Waals surface area contributed by atoms with Gasteiger partial charge in [-0.05, 0) is 72.7 Å². The number of methoxy groups -OCH3 is 1. The summed E-state index contributed by atoms with van der Waals surface area (Å²) in [4.78, 5) is 27.0. The number of hydrogen-bond donors (Lipinski definition) is 3. The molecule has 1 aromatic heterocycles. The summed E-state index contributed by atoms with van der Waals surface area (Å²) in [7, 11) is -1.34. The Balaban J connectivity index is 1.60. The van der Waals surface area contributed by atoms with Gasteiger partial charge in [-0.2, -0.15) is 12.7 Å². The fourth-order valence-electron chi connectivity index (χ4n) is 4.39. The number of nitrogens with one attached hydrogen (secondary N) is 3. The van der Waals surface area contributed by atoms with Crippen LogP contribution in [0.1, 0.15) is 28.8 Å². The smallest absolute Gasteiger partial charge is 0.301 e. The Morgan fingerprint density at radius 2 is 1.83 bits per heavy atom. The maximum atomic E-state index is 14.9. The molecule has 224 valence electrons. The normalized spacial score (nSPS) is 15.6. The summed E-state index contributed by atoms with van der Waals surface area (Å²) in [6.07, 6.45) is 0.340. The molecule has 3 N–H and O–H groups in total. The van der Waals surface area contributed by atoms with Crippen molar-refractivity contribution in [2.45, 2.75) is 32.0 Å². The van der Waals surface area contributed by atoms with Crippen LogP contribution in [0.3, 0.4) is 0 Å². The minimum Gasteiger partial charge on any atom is -0.491 e. The van der Waals surface area contributed by atoms with Crippen molar-refractivity contribution in [2.24, 2.45) is 7.05 Å². The number of alkyl halides is 1. The molecule has 2 fully saturated rings. The highest BCUT2D eigenvalue weighted by atomic mass is 127. The SMILES string of the molecule is COc1c(NS(=O)(=O)N2CC(F)C2)cccc1Oc1c(C(=O)NC2CC2)c(Nc2ccc(I)cc2F)n(C)c(=O)c1C. The van der Waals surface area contributed by atoms with Crippen LogP contribution in [0.5, 0.6) is 17.2 Å². The maximum Gasteiger partial charge on any atom is 0.301 e. The lowest BCUT2D eigenvalue weighted by Gasteiger charge is -2.33. The number of hydrogen-bond acceptors (Lipinski definition) is 7. The molecule has 1 aliphatic carbocycles. The highest BCUT2D eigenvalue weighted by Crippen LogP contribution is 2.42. The van der Waals surface area contributed by atoms with Gasteiger partial charge < -0.3 is 20.1 Å². The second-order valence-corrected chi connectivity index (χ2v) is 12.9. The quantitative estimate of drug-likeness (QED) is 0.269. The standard InChI is InChI=1S/C27H28F2IN5O6S/c1-14-23(41-21-6-4-5-20(24(21)40-3)33-42(38,39)35-12-15(28)13-35)22(26(36)31-17-8-9-17)25(34(2)27(14)37)32-19-10-7-16(30)11-18(19)29/h4-7,10-11,15,17,32-33H,8-9,12-13H2,1-3H3,(H,31,36). The molecule has 2 aliphatic rings. The zero-order chi connectivity index (χ0) is 30.3. The first-order valence-electron chi connectivity index (χ1n) is 12.9. The number of para-hydroxylation sites is 1. The van der Waals surface area contributed by atoms with Crippen LogP contribution in [0, 0.1) is 16.3 Å². The summed E-state index contributed by atoms with van der Waals surface area (Å²) in [5.41, 5.74) is -0.453. The van der Waals surface area contributed by atoms with Gasteiger partial charge >= 0.3 is 10.2 Å². The van der Waals surface area contributed by atoms with Gasteiger partial charge in [0, 0.05) is 29.7 Å². The third-order valence-electron chi connectivity index (χ3n) is 6.87. The lowest BCUT2D eigenvalue weighted by atomic mass is 10.1. The number of ether oxygens (including phenoxy) is 2. The lowest BCUT2D eigenvalue weighted by Crippen LogP contribution is -2.53. The van der Waals surface area contributed by atoms with Crippen LogP contribution in [-0.2, 0) is 17.3 Å². The molecule has 1 aliphatic heterocycles. The van der Waals surface area contributed by atoms with E-state index in [1.807, 2.05) is 22.6 Å². The Labute approximate surface area is 254 Å². The lowest BCUT2D eigenvalue weighted by molar-refractivity contribution is 0.0948. The van der Waals surface area contributed by atoms with Gasteiger partial charge in [0.2, 0.25) is 0 Å². The second-order valence-electron chi connectivity index (χ2n) is 10.00. The summed E-state index contributed by atoms with van der Waals surface area (Å²) < 4.78 is 70.5. The van der Waals surface area contributed by atoms with Gasteiger partial charge in [-0.15, -0.1) is 0 Å². The van der Waals surface area contributed by atoms with E-state index in [2.05, 4.69) is 15.4 Å². The van der Waals surface area contributed by atoms with Crippen LogP contribution in [0.25, 0.3) is 0 Å². The van der Waals surface area contributed by atoms with Crippen molar-refractivity contribution in [3.05, 3.63) is 67.3 Å². The van der Waals surface area contributed by atoms with Crippen LogP contribution in [0.4, 0.5) is 26.0 Å². The van der Waals surface area contributed by atoms with Gasteiger partial charge in [0.15, 0.2) is 17.2 Å². The molecule has 3 aromatic rings. The summed E-state index contributed by atoms with van der Waals surface area (Å²) in [5, 5.41) is 5.78. The molecule has 0 bridgehead atoms. The Morgan fingerprint density at radius 3 is 2.45 bits per heavy atom. The summed E-state index contributed by atoms with van der Waals surface area (Å²) >= 11 is 1.97. The third-order valence-corrected chi connectivity index (χ3v) is 8.99. The van der Waals surface area contributed by atoms with Gasteiger partial charge in [0.05, 0.1) is 24.0 Å². The molecule has 1 amide bonds. The Hall–Kier alpha value is -3.44. The first kappa shape index (κ1) is 30.0. The zero-order valence-electron chi connectivity index (χ0n) is 22.8. The number of benzene rings is 2. The van der Waals surface area contributed by atoms with Gasteiger partial charge in [0.1, 0.15) is 23.4 Å². The number of carbonyl (C=O) groups is 1. The molecule has 0 atom stereocenters. The van der Waals surface area contributed by atoms with E-state index >= 15 is 0 Å². The van der Waals surface area contributed by atoms with Gasteiger partial charge in [-0.1, -0.05) is 6.07 Å². The second kappa shape index (κ2) is 11.7. The van der Waals surface area contributed by atoms with E-state index in [0.29, 0.717) is 3.57 Å². The van der Waals surface area contributed by atoms with Crippen molar-refractivity contribution >= 4 is 55.9 Å². The van der Waals surface area contributed by atoms with Gasteiger partial charge in [0.25, 0.3) is 11.5 Å². The van der Waals surface area contributed by atoms with E-state index in [1.165, 1.54) is 56.0 Å². The zero-order valence-corrected chi connectivity index (χ0v) is 25.8. The van der Waals surface area contributed by atoms with Crippen LogP contribution in [0.2, 0.25) is 0 Å². The molecule has 2 aromatic carbocycles. The third kappa shape index (κ3) is 6.03. The number of halogens is 3. The number of nitrogens with zero attached hydrogens (tertiary/aromatic N) is 2. The fraction of sp³-hybridized carbons (Fsp3) is 0.333. The average Bonchev–Trinajstić information content (AvgIpc) is 3.73. The number of anilines is 3. The number of carbonyl (C=O) groups excluding carboxylic acids is 1. The van der Waals surface area contributed by atoms with Crippen molar-refractivity contribution in [3.8, 4) is 17.2 Å². The van der Waals surface area contributed by atoms with Crippen molar-refractivity contribution in [1.82, 2.24) is 14.2 Å². The minimum absolute atomic E-state index is 0.00193. The summed E-state index contributed by atoms with van der Waals surface area (Å²) in [5.74, 6) is -1.31. The first-order valence-corrected chi connectivity index (χ1v) is 15.4. The molecule has 1 saturated heterocycles. The van der Waals surface area contributed by atoms with Crippen LogP contribution < -0.4 is 30.4 Å². The molecule has 0 spiro atoms. The van der Waals surface area contributed by atoms with E-state index in [4.69, 9.17) is 9.47 Å². The number of rotatable bonds is 10. The fourth-order valence-corrected chi connectivity index (χ4v) is 6.12. The molecule has 15 heteroatoms. The summed E-state index contributed by atoms with van der Waals surface area (Å²) in [6.45, 7) is 0.949. The predicted molar refractivity (Wildman–Crippen MR) is 161 cm³/mol. The minimum atomic E-state index is -4.08. The van der Waals surface area contributed by atoms with E-state index in [1.54, 1.807) is 6.07 Å². The molecule has 11 nitrogen and oxygen atoms in total. The maximum absolute atomic E-state index is 14.9. The van der Waals surface area contributed by atoms with E-state index in [0.717, 1.165) is 17.1 Å². The molecule has 42 heavy (non-hydrogen) atoms. The topological polar surface area (TPSA) is 131 Å². The van der Waals surface area contributed by atoms with Gasteiger partial charge in [-0.25, -0.2) is 8.78 Å². The molecule has 0 radical (unpaired) electrons. The summed E-state index contributed by atoms with van der Waals surface area (Å²) in [6, 6.07) is 8.82. The van der Waals surface area contributed by atoms with Crippen molar-refractivity contribution in [3.63, 3.8) is 0 Å². The Kier molecular flexibility index (Phi) is 8.35.